The minimum atomic E-state index is -0.376. The molecule has 1 atom stereocenters. The van der Waals surface area contributed by atoms with Gasteiger partial charge < -0.3 is 0 Å². The fraction of sp³-hybridized carbons (Fsp3) is 0.364. The molecule has 0 saturated heterocycles. The topological polar surface area (TPSA) is 23.8 Å². The summed E-state index contributed by atoms with van der Waals surface area (Å²) >= 11 is 0. The van der Waals surface area contributed by atoms with Crippen LogP contribution in [-0.4, -0.2) is 0 Å². The van der Waals surface area contributed by atoms with Gasteiger partial charge in [0.25, 0.3) is 0 Å². The van der Waals surface area contributed by atoms with Gasteiger partial charge in [0.1, 0.15) is 5.82 Å². The molecular formula is C11H12FN. The van der Waals surface area contributed by atoms with Crippen LogP contribution in [0.25, 0.3) is 0 Å². The fourth-order valence-corrected chi connectivity index (χ4v) is 1.21. The van der Waals surface area contributed by atoms with Crippen LogP contribution in [0.4, 0.5) is 4.39 Å². The first kappa shape index (κ1) is 9.73. The van der Waals surface area contributed by atoms with Gasteiger partial charge in [0.15, 0.2) is 0 Å². The highest BCUT2D eigenvalue weighted by Gasteiger charge is 2.12. The third-order valence-corrected chi connectivity index (χ3v) is 2.35. The Morgan fingerprint density at radius 1 is 1.38 bits per heavy atom. The number of hydrogen-bond donors (Lipinski definition) is 0. The van der Waals surface area contributed by atoms with Crippen LogP contribution >= 0.6 is 0 Å². The third kappa shape index (κ3) is 1.70. The number of benzene rings is 1. The molecule has 0 spiro atoms. The minimum Gasteiger partial charge on any atom is -0.206 e. The Labute approximate surface area is 77.8 Å². The summed E-state index contributed by atoms with van der Waals surface area (Å²) in [7, 11) is 0. The van der Waals surface area contributed by atoms with E-state index in [-0.39, 0.29) is 11.7 Å². The van der Waals surface area contributed by atoms with Crippen molar-refractivity contribution in [3.8, 4) is 6.07 Å². The molecule has 0 N–H and O–H groups in total. The van der Waals surface area contributed by atoms with E-state index in [1.807, 2.05) is 19.1 Å². The molecule has 0 bridgehead atoms. The largest absolute Gasteiger partial charge is 0.206 e. The predicted octanol–water partition coefficient (Wildman–Crippen LogP) is 3.07. The van der Waals surface area contributed by atoms with Crippen molar-refractivity contribution in [1.29, 1.82) is 5.26 Å². The van der Waals surface area contributed by atoms with Gasteiger partial charge in [-0.25, -0.2) is 4.39 Å². The standard InChI is InChI=1S/C11H12FN/c1-7-4-5-10(8(2)6-13)11(12)9(7)3/h4-5,8H,1-3H3. The lowest BCUT2D eigenvalue weighted by molar-refractivity contribution is 0.595. The van der Waals surface area contributed by atoms with Crippen molar-refractivity contribution < 1.29 is 4.39 Å². The van der Waals surface area contributed by atoms with Gasteiger partial charge in [-0.3, -0.25) is 0 Å². The van der Waals surface area contributed by atoms with Gasteiger partial charge in [-0.2, -0.15) is 5.26 Å². The molecule has 0 aliphatic rings. The van der Waals surface area contributed by atoms with Gasteiger partial charge in [-0.1, -0.05) is 12.1 Å². The number of halogens is 1. The van der Waals surface area contributed by atoms with Crippen molar-refractivity contribution in [2.24, 2.45) is 0 Å². The first-order chi connectivity index (χ1) is 6.07. The molecule has 1 nitrogen and oxygen atoms in total. The van der Waals surface area contributed by atoms with Crippen LogP contribution in [0.2, 0.25) is 0 Å². The molecule has 1 aromatic rings. The summed E-state index contributed by atoms with van der Waals surface area (Å²) in [6.45, 7) is 5.30. The highest BCUT2D eigenvalue weighted by atomic mass is 19.1. The van der Waals surface area contributed by atoms with E-state index < -0.39 is 0 Å². The molecule has 2 heteroatoms. The van der Waals surface area contributed by atoms with Gasteiger partial charge in [0, 0.05) is 5.56 Å². The zero-order valence-electron chi connectivity index (χ0n) is 8.06. The predicted molar refractivity (Wildman–Crippen MR) is 49.9 cm³/mol. The highest BCUT2D eigenvalue weighted by Crippen LogP contribution is 2.22. The van der Waals surface area contributed by atoms with Crippen LogP contribution in [0, 0.1) is 31.0 Å². The van der Waals surface area contributed by atoms with E-state index in [0.29, 0.717) is 11.1 Å². The molecule has 0 fully saturated rings. The molecule has 1 aromatic carbocycles. The number of nitrogens with zero attached hydrogens (tertiary/aromatic N) is 1. The van der Waals surface area contributed by atoms with Crippen molar-refractivity contribution in [3.05, 3.63) is 34.6 Å². The molecule has 0 saturated carbocycles. The lowest BCUT2D eigenvalue weighted by Crippen LogP contribution is -1.98. The lowest BCUT2D eigenvalue weighted by Gasteiger charge is -2.08. The molecule has 0 aliphatic heterocycles. The van der Waals surface area contributed by atoms with Crippen molar-refractivity contribution in [2.75, 3.05) is 0 Å². The number of rotatable bonds is 1. The Bertz CT molecular complexity index is 363. The van der Waals surface area contributed by atoms with Crippen LogP contribution < -0.4 is 0 Å². The number of aryl methyl sites for hydroxylation is 1. The Morgan fingerprint density at radius 2 is 2.00 bits per heavy atom. The molecule has 0 heterocycles. The Balaban J connectivity index is 3.28. The molecule has 0 aromatic heterocycles. The summed E-state index contributed by atoms with van der Waals surface area (Å²) in [5, 5.41) is 8.66. The SMILES string of the molecule is Cc1ccc(C(C)C#N)c(F)c1C. The molecule has 13 heavy (non-hydrogen) atoms. The van der Waals surface area contributed by atoms with E-state index in [9.17, 15) is 4.39 Å². The van der Waals surface area contributed by atoms with Crippen molar-refractivity contribution in [1.82, 2.24) is 0 Å². The van der Waals surface area contributed by atoms with Gasteiger partial charge in [-0.15, -0.1) is 0 Å². The Kier molecular flexibility index (Phi) is 2.67. The van der Waals surface area contributed by atoms with Crippen LogP contribution in [-0.2, 0) is 0 Å². The molecular weight excluding hydrogens is 165 g/mol. The maximum absolute atomic E-state index is 13.5. The van der Waals surface area contributed by atoms with Crippen LogP contribution in [0.5, 0.6) is 0 Å². The first-order valence-electron chi connectivity index (χ1n) is 4.23. The van der Waals surface area contributed by atoms with E-state index in [1.54, 1.807) is 19.9 Å². The number of nitriles is 1. The van der Waals surface area contributed by atoms with Gasteiger partial charge in [0.05, 0.1) is 12.0 Å². The average molecular weight is 177 g/mol. The second-order valence-electron chi connectivity index (χ2n) is 3.26. The maximum Gasteiger partial charge on any atom is 0.130 e. The second-order valence-corrected chi connectivity index (χ2v) is 3.26. The van der Waals surface area contributed by atoms with E-state index in [4.69, 9.17) is 5.26 Å². The van der Waals surface area contributed by atoms with Gasteiger partial charge >= 0.3 is 0 Å². The second kappa shape index (κ2) is 3.57. The highest BCUT2D eigenvalue weighted by molar-refractivity contribution is 5.35. The zero-order valence-corrected chi connectivity index (χ0v) is 8.06. The van der Waals surface area contributed by atoms with Gasteiger partial charge in [-0.05, 0) is 31.9 Å². The molecule has 68 valence electrons. The summed E-state index contributed by atoms with van der Waals surface area (Å²) in [6.07, 6.45) is 0. The monoisotopic (exact) mass is 177 g/mol. The molecule has 0 radical (unpaired) electrons. The Morgan fingerprint density at radius 3 is 2.54 bits per heavy atom. The quantitative estimate of drug-likeness (QED) is 0.646. The molecule has 0 aliphatic carbocycles. The van der Waals surface area contributed by atoms with Gasteiger partial charge in [0.2, 0.25) is 0 Å². The normalized spacial score (nSPS) is 12.2. The minimum absolute atomic E-state index is 0.242. The number of hydrogen-bond acceptors (Lipinski definition) is 1. The molecule has 1 unspecified atom stereocenters. The summed E-state index contributed by atoms with van der Waals surface area (Å²) in [5.41, 5.74) is 2.05. The first-order valence-corrected chi connectivity index (χ1v) is 4.23. The van der Waals surface area contributed by atoms with Crippen LogP contribution in [0.15, 0.2) is 12.1 Å². The molecule has 0 amide bonds. The van der Waals surface area contributed by atoms with E-state index >= 15 is 0 Å². The third-order valence-electron chi connectivity index (χ3n) is 2.35. The average Bonchev–Trinajstić information content (AvgIpc) is 2.13. The lowest BCUT2D eigenvalue weighted by atomic mass is 9.97. The van der Waals surface area contributed by atoms with Crippen molar-refractivity contribution >= 4 is 0 Å². The summed E-state index contributed by atoms with van der Waals surface area (Å²) in [5.74, 6) is -0.617. The maximum atomic E-state index is 13.5. The van der Waals surface area contributed by atoms with Crippen LogP contribution in [0.1, 0.15) is 29.5 Å². The molecule has 1 rings (SSSR count). The van der Waals surface area contributed by atoms with Crippen molar-refractivity contribution in [2.45, 2.75) is 26.7 Å². The zero-order chi connectivity index (χ0) is 10.0. The Hall–Kier alpha value is -1.36. The van der Waals surface area contributed by atoms with E-state index in [0.717, 1.165) is 5.56 Å². The summed E-state index contributed by atoms with van der Waals surface area (Å²) in [6, 6.07) is 5.56. The smallest absolute Gasteiger partial charge is 0.130 e. The fourth-order valence-electron chi connectivity index (χ4n) is 1.21. The van der Waals surface area contributed by atoms with E-state index in [1.165, 1.54) is 0 Å². The summed E-state index contributed by atoms with van der Waals surface area (Å²) < 4.78 is 13.5. The van der Waals surface area contributed by atoms with Crippen molar-refractivity contribution in [3.63, 3.8) is 0 Å². The summed E-state index contributed by atoms with van der Waals surface area (Å²) in [4.78, 5) is 0. The van der Waals surface area contributed by atoms with Crippen LogP contribution in [0.3, 0.4) is 0 Å². The van der Waals surface area contributed by atoms with E-state index in [2.05, 4.69) is 0 Å².